The Hall–Kier alpha value is -1.02. The number of benzene rings is 1. The van der Waals surface area contributed by atoms with Crippen LogP contribution in [0.5, 0.6) is 0 Å². The summed E-state index contributed by atoms with van der Waals surface area (Å²) in [7, 11) is 1.58. The number of alkyl halides is 1. The normalized spacial score (nSPS) is 13.3. The van der Waals surface area contributed by atoms with Crippen molar-refractivity contribution >= 4 is 17.5 Å². The molecule has 0 aromatic heterocycles. The molecule has 0 fully saturated rings. The van der Waals surface area contributed by atoms with Gasteiger partial charge in [0, 0.05) is 7.05 Å². The molecule has 16 heavy (non-hydrogen) atoms. The number of hydrogen-bond acceptors (Lipinski definition) is 1. The third-order valence-electron chi connectivity index (χ3n) is 2.55. The standard InChI is InChI=1S/C13H18ClNO/c1-13(2,3)10-7-5-9(6-8-10)11(14)12(16)15-4/h5-8,11H,1-4H3,(H,15,16). The third kappa shape index (κ3) is 2.99. The van der Waals surface area contributed by atoms with Crippen LogP contribution in [-0.4, -0.2) is 13.0 Å². The van der Waals surface area contributed by atoms with Gasteiger partial charge in [-0.25, -0.2) is 0 Å². The van der Waals surface area contributed by atoms with Crippen LogP contribution in [0.3, 0.4) is 0 Å². The average Bonchev–Trinajstić information content (AvgIpc) is 2.26. The van der Waals surface area contributed by atoms with Gasteiger partial charge in [0.1, 0.15) is 5.38 Å². The summed E-state index contributed by atoms with van der Waals surface area (Å²) in [5, 5.41) is 1.93. The van der Waals surface area contributed by atoms with Crippen molar-refractivity contribution in [1.82, 2.24) is 5.32 Å². The smallest absolute Gasteiger partial charge is 0.242 e. The second-order valence-corrected chi connectivity index (χ2v) is 5.29. The van der Waals surface area contributed by atoms with Gasteiger partial charge in [-0.15, -0.1) is 11.6 Å². The Morgan fingerprint density at radius 2 is 1.75 bits per heavy atom. The number of nitrogens with one attached hydrogen (secondary N) is 1. The molecule has 0 spiro atoms. The summed E-state index contributed by atoms with van der Waals surface area (Å²) in [6, 6.07) is 7.86. The molecule has 0 heterocycles. The lowest BCUT2D eigenvalue weighted by molar-refractivity contribution is -0.120. The molecule has 0 aliphatic carbocycles. The molecule has 0 bridgehead atoms. The van der Waals surface area contributed by atoms with E-state index in [-0.39, 0.29) is 11.3 Å². The van der Waals surface area contributed by atoms with Crippen LogP contribution in [0.4, 0.5) is 0 Å². The fourth-order valence-corrected chi connectivity index (χ4v) is 1.68. The van der Waals surface area contributed by atoms with Crippen molar-refractivity contribution in [1.29, 1.82) is 0 Å². The van der Waals surface area contributed by atoms with Crippen LogP contribution in [0.15, 0.2) is 24.3 Å². The SMILES string of the molecule is CNC(=O)C(Cl)c1ccc(C(C)(C)C)cc1. The number of likely N-dealkylation sites (N-methyl/N-ethyl adjacent to an activating group) is 1. The summed E-state index contributed by atoms with van der Waals surface area (Å²) in [6.45, 7) is 6.46. The minimum absolute atomic E-state index is 0.118. The van der Waals surface area contributed by atoms with Crippen molar-refractivity contribution in [2.45, 2.75) is 31.6 Å². The quantitative estimate of drug-likeness (QED) is 0.790. The Balaban J connectivity index is 2.91. The summed E-state index contributed by atoms with van der Waals surface area (Å²) < 4.78 is 0. The molecule has 1 rings (SSSR count). The van der Waals surface area contributed by atoms with Crippen LogP contribution in [0, 0.1) is 0 Å². The maximum atomic E-state index is 11.4. The first-order valence-corrected chi connectivity index (χ1v) is 5.76. The number of amides is 1. The Labute approximate surface area is 102 Å². The van der Waals surface area contributed by atoms with Crippen molar-refractivity contribution in [3.05, 3.63) is 35.4 Å². The Morgan fingerprint density at radius 3 is 2.12 bits per heavy atom. The molecule has 1 N–H and O–H groups in total. The molecule has 0 aliphatic heterocycles. The zero-order valence-corrected chi connectivity index (χ0v) is 10.9. The highest BCUT2D eigenvalue weighted by molar-refractivity contribution is 6.30. The molecule has 1 atom stereocenters. The summed E-state index contributed by atoms with van der Waals surface area (Å²) in [4.78, 5) is 11.4. The summed E-state index contributed by atoms with van der Waals surface area (Å²) in [6.07, 6.45) is 0. The molecular weight excluding hydrogens is 222 g/mol. The largest absolute Gasteiger partial charge is 0.358 e. The van der Waals surface area contributed by atoms with E-state index in [1.807, 2.05) is 24.3 Å². The van der Waals surface area contributed by atoms with E-state index in [0.717, 1.165) is 5.56 Å². The van der Waals surface area contributed by atoms with Crippen LogP contribution in [0.1, 0.15) is 37.3 Å². The zero-order chi connectivity index (χ0) is 12.3. The molecule has 1 aromatic carbocycles. The minimum atomic E-state index is -0.612. The van der Waals surface area contributed by atoms with Crippen molar-refractivity contribution in [3.63, 3.8) is 0 Å². The summed E-state index contributed by atoms with van der Waals surface area (Å²) >= 11 is 6.01. The second kappa shape index (κ2) is 4.88. The van der Waals surface area contributed by atoms with Crippen molar-refractivity contribution in [2.75, 3.05) is 7.05 Å². The number of carbonyl (C=O) groups excluding carboxylic acids is 1. The number of carbonyl (C=O) groups is 1. The predicted octanol–water partition coefficient (Wildman–Crippen LogP) is 3.01. The van der Waals surface area contributed by atoms with E-state index >= 15 is 0 Å². The maximum Gasteiger partial charge on any atom is 0.242 e. The van der Waals surface area contributed by atoms with E-state index in [9.17, 15) is 4.79 Å². The lowest BCUT2D eigenvalue weighted by atomic mass is 9.86. The molecule has 1 unspecified atom stereocenters. The second-order valence-electron chi connectivity index (χ2n) is 4.85. The molecule has 3 heteroatoms. The van der Waals surface area contributed by atoms with E-state index in [1.165, 1.54) is 5.56 Å². The predicted molar refractivity (Wildman–Crippen MR) is 67.8 cm³/mol. The van der Waals surface area contributed by atoms with Gasteiger partial charge in [-0.05, 0) is 16.5 Å². The Bertz CT molecular complexity index is 365. The monoisotopic (exact) mass is 239 g/mol. The van der Waals surface area contributed by atoms with E-state index in [4.69, 9.17) is 11.6 Å². The topological polar surface area (TPSA) is 29.1 Å². The Morgan fingerprint density at radius 1 is 1.25 bits per heavy atom. The van der Waals surface area contributed by atoms with E-state index in [0.29, 0.717) is 0 Å². The van der Waals surface area contributed by atoms with Gasteiger partial charge in [-0.2, -0.15) is 0 Å². The highest BCUT2D eigenvalue weighted by Crippen LogP contribution is 2.26. The van der Waals surface area contributed by atoms with Gasteiger partial charge in [0.15, 0.2) is 0 Å². The maximum absolute atomic E-state index is 11.4. The third-order valence-corrected chi connectivity index (χ3v) is 3.00. The van der Waals surface area contributed by atoms with Crippen LogP contribution in [0.25, 0.3) is 0 Å². The summed E-state index contributed by atoms with van der Waals surface area (Å²) in [5.74, 6) is -0.176. The van der Waals surface area contributed by atoms with Gasteiger partial charge in [0.2, 0.25) is 5.91 Å². The highest BCUT2D eigenvalue weighted by atomic mass is 35.5. The molecular formula is C13H18ClNO. The Kier molecular flexibility index (Phi) is 3.98. The van der Waals surface area contributed by atoms with Crippen LogP contribution < -0.4 is 5.32 Å². The van der Waals surface area contributed by atoms with Gasteiger partial charge in [-0.1, -0.05) is 45.0 Å². The number of hydrogen-bond donors (Lipinski definition) is 1. The van der Waals surface area contributed by atoms with Gasteiger partial charge in [-0.3, -0.25) is 4.79 Å². The first-order valence-electron chi connectivity index (χ1n) is 5.32. The van der Waals surface area contributed by atoms with Gasteiger partial charge in [0.05, 0.1) is 0 Å². The molecule has 0 saturated heterocycles. The van der Waals surface area contributed by atoms with Crippen LogP contribution >= 0.6 is 11.6 Å². The van der Waals surface area contributed by atoms with Crippen molar-refractivity contribution in [3.8, 4) is 0 Å². The van der Waals surface area contributed by atoms with Crippen molar-refractivity contribution in [2.24, 2.45) is 0 Å². The highest BCUT2D eigenvalue weighted by Gasteiger charge is 2.18. The van der Waals surface area contributed by atoms with Gasteiger partial charge < -0.3 is 5.32 Å². The fourth-order valence-electron chi connectivity index (χ4n) is 1.43. The molecule has 0 aliphatic rings. The first kappa shape index (κ1) is 13.0. The molecule has 88 valence electrons. The molecule has 0 radical (unpaired) electrons. The molecule has 0 saturated carbocycles. The van der Waals surface area contributed by atoms with Crippen LogP contribution in [0.2, 0.25) is 0 Å². The molecule has 2 nitrogen and oxygen atoms in total. The lowest BCUT2D eigenvalue weighted by Gasteiger charge is -2.19. The molecule has 1 amide bonds. The minimum Gasteiger partial charge on any atom is -0.358 e. The van der Waals surface area contributed by atoms with Gasteiger partial charge >= 0.3 is 0 Å². The zero-order valence-electron chi connectivity index (χ0n) is 10.2. The number of halogens is 1. The van der Waals surface area contributed by atoms with E-state index in [1.54, 1.807) is 7.05 Å². The van der Waals surface area contributed by atoms with Gasteiger partial charge in [0.25, 0.3) is 0 Å². The van der Waals surface area contributed by atoms with E-state index < -0.39 is 5.38 Å². The number of rotatable bonds is 2. The average molecular weight is 240 g/mol. The van der Waals surface area contributed by atoms with Crippen molar-refractivity contribution < 1.29 is 4.79 Å². The van der Waals surface area contributed by atoms with Crippen LogP contribution in [-0.2, 0) is 10.2 Å². The van der Waals surface area contributed by atoms with E-state index in [2.05, 4.69) is 26.1 Å². The first-order chi connectivity index (χ1) is 7.36. The summed E-state index contributed by atoms with van der Waals surface area (Å²) in [5.41, 5.74) is 2.18. The lowest BCUT2D eigenvalue weighted by Crippen LogP contribution is -2.22. The fraction of sp³-hybridized carbons (Fsp3) is 0.462. The molecule has 1 aromatic rings.